The van der Waals surface area contributed by atoms with Crippen LogP contribution in [0.1, 0.15) is 15.9 Å². The third kappa shape index (κ3) is 1.87. The topological polar surface area (TPSA) is 63.1 Å². The monoisotopic (exact) mass is 219 g/mol. The second kappa shape index (κ2) is 3.78. The van der Waals surface area contributed by atoms with Crippen LogP contribution in [-0.2, 0) is 0 Å². The van der Waals surface area contributed by atoms with Gasteiger partial charge in [0.25, 0.3) is 0 Å². The highest BCUT2D eigenvalue weighted by Crippen LogP contribution is 2.21. The van der Waals surface area contributed by atoms with Crippen molar-refractivity contribution in [3.63, 3.8) is 0 Å². The van der Waals surface area contributed by atoms with Gasteiger partial charge in [-0.3, -0.25) is 0 Å². The van der Waals surface area contributed by atoms with E-state index in [4.69, 9.17) is 5.11 Å². The maximum absolute atomic E-state index is 10.9. The number of aromatic carboxylic acids is 1. The normalized spacial score (nSPS) is 10.2. The van der Waals surface area contributed by atoms with Crippen LogP contribution in [0.15, 0.2) is 23.6 Å². The summed E-state index contributed by atoms with van der Waals surface area (Å²) < 4.78 is 3.72. The first kappa shape index (κ1) is 9.79. The maximum Gasteiger partial charge on any atom is 0.335 e. The van der Waals surface area contributed by atoms with Crippen LogP contribution in [0.5, 0.6) is 0 Å². The summed E-state index contributed by atoms with van der Waals surface area (Å²) in [6.07, 6.45) is 0. The molecule has 0 aliphatic carbocycles. The van der Waals surface area contributed by atoms with Gasteiger partial charge >= 0.3 is 5.97 Å². The van der Waals surface area contributed by atoms with Crippen LogP contribution < -0.4 is 0 Å². The van der Waals surface area contributed by atoms with Crippen molar-refractivity contribution in [3.05, 3.63) is 41.6 Å². The lowest BCUT2D eigenvalue weighted by Crippen LogP contribution is -1.99. The first-order valence-electron chi connectivity index (χ1n) is 4.15. The molecule has 0 fully saturated rings. The van der Waals surface area contributed by atoms with Gasteiger partial charge in [0.05, 0.1) is 5.56 Å². The fraction of sp³-hybridized carbons (Fsp3) is 0. The van der Waals surface area contributed by atoms with Gasteiger partial charge in [0.15, 0.2) is 0 Å². The van der Waals surface area contributed by atoms with Gasteiger partial charge in [0.2, 0.25) is 0 Å². The third-order valence-corrected chi connectivity index (χ3v) is 2.50. The van der Waals surface area contributed by atoms with E-state index in [1.54, 1.807) is 23.6 Å². The van der Waals surface area contributed by atoms with Crippen molar-refractivity contribution >= 4 is 17.5 Å². The summed E-state index contributed by atoms with van der Waals surface area (Å²) in [5.41, 5.74) is 2.12. The van der Waals surface area contributed by atoms with E-state index in [2.05, 4.69) is 16.5 Å². The molecule has 4 nitrogen and oxygen atoms in total. The molecule has 0 aliphatic rings. The zero-order chi connectivity index (χ0) is 10.8. The molecule has 0 aliphatic heterocycles. The van der Waals surface area contributed by atoms with Crippen LogP contribution in [0.4, 0.5) is 0 Å². The summed E-state index contributed by atoms with van der Waals surface area (Å²) in [5.74, 6) is -0.981. The molecular weight excluding hydrogens is 212 g/mol. The standard InChI is InChI=1S/C10H7N2O2S/c1-6-2-3-7(4-8(6)10(13)14)9-5-15-12-11-9/h2-5H,1H2,(H,13,14). The Morgan fingerprint density at radius 3 is 2.87 bits per heavy atom. The van der Waals surface area contributed by atoms with Crippen molar-refractivity contribution in [1.29, 1.82) is 0 Å². The molecule has 0 amide bonds. The highest BCUT2D eigenvalue weighted by Gasteiger charge is 2.09. The van der Waals surface area contributed by atoms with Gasteiger partial charge in [-0.1, -0.05) is 16.6 Å². The van der Waals surface area contributed by atoms with E-state index in [1.165, 1.54) is 11.5 Å². The molecule has 15 heavy (non-hydrogen) atoms. The van der Waals surface area contributed by atoms with E-state index in [9.17, 15) is 4.79 Å². The number of nitrogens with zero attached hydrogens (tertiary/aromatic N) is 2. The molecule has 0 saturated heterocycles. The maximum atomic E-state index is 10.9. The van der Waals surface area contributed by atoms with Crippen LogP contribution in [-0.4, -0.2) is 20.7 Å². The van der Waals surface area contributed by atoms with Gasteiger partial charge in [-0.05, 0) is 30.1 Å². The Hall–Kier alpha value is -1.75. The number of aromatic nitrogens is 2. The average molecular weight is 219 g/mol. The SMILES string of the molecule is [CH2]c1ccc(-c2csnn2)cc1C(=O)O. The molecule has 0 unspecified atom stereocenters. The largest absolute Gasteiger partial charge is 0.478 e. The first-order chi connectivity index (χ1) is 7.18. The van der Waals surface area contributed by atoms with Gasteiger partial charge in [-0.25, -0.2) is 4.79 Å². The van der Waals surface area contributed by atoms with Crippen LogP contribution >= 0.6 is 11.5 Å². The zero-order valence-electron chi connectivity index (χ0n) is 7.67. The lowest BCUT2D eigenvalue weighted by atomic mass is 10.0. The summed E-state index contributed by atoms with van der Waals surface area (Å²) in [7, 11) is 0. The third-order valence-electron chi connectivity index (χ3n) is 2.00. The van der Waals surface area contributed by atoms with E-state index in [0.717, 1.165) is 5.56 Å². The lowest BCUT2D eigenvalue weighted by molar-refractivity contribution is 0.0696. The van der Waals surface area contributed by atoms with Crippen LogP contribution in [0.25, 0.3) is 11.3 Å². The molecule has 1 N–H and O–H groups in total. The fourth-order valence-electron chi connectivity index (χ4n) is 1.23. The molecule has 75 valence electrons. The highest BCUT2D eigenvalue weighted by atomic mass is 32.1. The smallest absolute Gasteiger partial charge is 0.335 e. The Morgan fingerprint density at radius 2 is 2.27 bits per heavy atom. The molecule has 1 aromatic heterocycles. The molecule has 2 rings (SSSR count). The summed E-state index contributed by atoms with van der Waals surface area (Å²) in [6, 6.07) is 5.00. The Balaban J connectivity index is 2.52. The molecule has 0 atom stereocenters. The number of benzene rings is 1. The van der Waals surface area contributed by atoms with Crippen molar-refractivity contribution < 1.29 is 9.90 Å². The minimum atomic E-state index is -0.981. The number of carboxylic acid groups (broad SMARTS) is 1. The fourth-order valence-corrected chi connectivity index (χ4v) is 1.69. The molecule has 0 bridgehead atoms. The number of hydrogen-bond acceptors (Lipinski definition) is 4. The average Bonchev–Trinajstić information content (AvgIpc) is 2.71. The van der Waals surface area contributed by atoms with E-state index < -0.39 is 5.97 Å². The highest BCUT2D eigenvalue weighted by molar-refractivity contribution is 7.03. The Morgan fingerprint density at radius 1 is 1.47 bits per heavy atom. The van der Waals surface area contributed by atoms with Crippen LogP contribution in [0, 0.1) is 6.92 Å². The van der Waals surface area contributed by atoms with Crippen molar-refractivity contribution in [2.45, 2.75) is 0 Å². The summed E-state index contributed by atoms with van der Waals surface area (Å²) in [6.45, 7) is 3.65. The van der Waals surface area contributed by atoms with Crippen LogP contribution in [0.3, 0.4) is 0 Å². The molecule has 1 aromatic carbocycles. The Kier molecular flexibility index (Phi) is 2.47. The van der Waals surface area contributed by atoms with Crippen molar-refractivity contribution in [2.24, 2.45) is 0 Å². The number of carbonyl (C=O) groups is 1. The van der Waals surface area contributed by atoms with Gasteiger partial charge in [-0.15, -0.1) is 5.10 Å². The molecule has 1 heterocycles. The molecule has 5 heteroatoms. The minimum Gasteiger partial charge on any atom is -0.478 e. The predicted molar refractivity (Wildman–Crippen MR) is 56.8 cm³/mol. The van der Waals surface area contributed by atoms with Gasteiger partial charge < -0.3 is 5.11 Å². The minimum absolute atomic E-state index is 0.195. The Labute approximate surface area is 90.4 Å². The van der Waals surface area contributed by atoms with Crippen molar-refractivity contribution in [1.82, 2.24) is 9.59 Å². The molecule has 0 spiro atoms. The zero-order valence-corrected chi connectivity index (χ0v) is 8.49. The second-order valence-corrected chi connectivity index (χ2v) is 3.58. The molecule has 1 radical (unpaired) electrons. The van der Waals surface area contributed by atoms with E-state index >= 15 is 0 Å². The van der Waals surface area contributed by atoms with Gasteiger partial charge in [0.1, 0.15) is 5.69 Å². The van der Waals surface area contributed by atoms with E-state index in [1.807, 2.05) is 0 Å². The van der Waals surface area contributed by atoms with Crippen molar-refractivity contribution in [3.8, 4) is 11.3 Å². The van der Waals surface area contributed by atoms with E-state index in [-0.39, 0.29) is 5.56 Å². The summed E-state index contributed by atoms with van der Waals surface area (Å²) in [4.78, 5) is 10.9. The summed E-state index contributed by atoms with van der Waals surface area (Å²) >= 11 is 1.23. The van der Waals surface area contributed by atoms with E-state index in [0.29, 0.717) is 11.3 Å². The number of rotatable bonds is 2. The number of hydrogen-bond donors (Lipinski definition) is 1. The lowest BCUT2D eigenvalue weighted by Gasteiger charge is -2.02. The second-order valence-electron chi connectivity index (χ2n) is 2.97. The Bertz CT molecular complexity index is 494. The van der Waals surface area contributed by atoms with Gasteiger partial charge in [-0.2, -0.15) is 0 Å². The van der Waals surface area contributed by atoms with Crippen molar-refractivity contribution in [2.75, 3.05) is 0 Å². The molecule has 0 saturated carbocycles. The predicted octanol–water partition coefficient (Wildman–Crippen LogP) is 2.09. The quantitative estimate of drug-likeness (QED) is 0.840. The summed E-state index contributed by atoms with van der Waals surface area (Å²) in [5, 5.41) is 14.6. The number of carboxylic acids is 1. The van der Waals surface area contributed by atoms with Crippen LogP contribution in [0.2, 0.25) is 0 Å². The molecular formula is C10H7N2O2S. The van der Waals surface area contributed by atoms with Gasteiger partial charge in [0, 0.05) is 10.9 Å². The molecule has 2 aromatic rings. The first-order valence-corrected chi connectivity index (χ1v) is 4.99.